The van der Waals surface area contributed by atoms with E-state index in [0.717, 1.165) is 18.4 Å². The van der Waals surface area contributed by atoms with Crippen LogP contribution in [0.25, 0.3) is 0 Å². The average molecular weight is 326 g/mol. The highest BCUT2D eigenvalue weighted by atomic mass is 79.9. The number of nitrogens with one attached hydrogen (secondary N) is 1. The van der Waals surface area contributed by atoms with Crippen LogP contribution in [0.3, 0.4) is 0 Å². The molecule has 0 aliphatic heterocycles. The van der Waals surface area contributed by atoms with E-state index in [-0.39, 0.29) is 11.7 Å². The number of rotatable bonds is 5. The zero-order valence-electron chi connectivity index (χ0n) is 10.7. The van der Waals surface area contributed by atoms with Gasteiger partial charge in [-0.1, -0.05) is 0 Å². The van der Waals surface area contributed by atoms with Crippen LogP contribution in [-0.2, 0) is 0 Å². The standard InChI is InChI=1S/C15H17BrFNO/c16-14-7-11(17)5-6-12(14)15(19)18-8-13(9-1-2-9)10-3-4-10/h5-7,9-10,13H,1-4,8H2,(H,18,19). The molecule has 0 radical (unpaired) electrons. The Hall–Kier alpha value is -0.900. The second-order valence-electron chi connectivity index (χ2n) is 5.67. The van der Waals surface area contributed by atoms with Gasteiger partial charge in [0.05, 0.1) is 5.56 Å². The Kier molecular flexibility index (Phi) is 3.61. The molecule has 1 aromatic rings. The third-order valence-electron chi connectivity index (χ3n) is 4.13. The molecule has 4 heteroatoms. The summed E-state index contributed by atoms with van der Waals surface area (Å²) in [5, 5.41) is 3.01. The average Bonchev–Trinajstić information content (AvgIpc) is 3.23. The van der Waals surface area contributed by atoms with Crippen molar-refractivity contribution in [2.75, 3.05) is 6.54 Å². The first-order valence-corrected chi connectivity index (χ1v) is 7.67. The van der Waals surface area contributed by atoms with Crippen LogP contribution in [0, 0.1) is 23.6 Å². The van der Waals surface area contributed by atoms with E-state index in [1.807, 2.05) is 0 Å². The van der Waals surface area contributed by atoms with Crippen LogP contribution in [0.4, 0.5) is 4.39 Å². The summed E-state index contributed by atoms with van der Waals surface area (Å²) in [4.78, 5) is 12.1. The van der Waals surface area contributed by atoms with E-state index in [0.29, 0.717) is 16.0 Å². The van der Waals surface area contributed by atoms with E-state index >= 15 is 0 Å². The second-order valence-corrected chi connectivity index (χ2v) is 6.53. The van der Waals surface area contributed by atoms with E-state index in [1.165, 1.54) is 43.9 Å². The van der Waals surface area contributed by atoms with Crippen LogP contribution < -0.4 is 5.32 Å². The van der Waals surface area contributed by atoms with E-state index in [9.17, 15) is 9.18 Å². The summed E-state index contributed by atoms with van der Waals surface area (Å²) in [6.45, 7) is 0.762. The molecule has 0 unspecified atom stereocenters. The predicted octanol–water partition coefficient (Wildman–Crippen LogP) is 3.75. The van der Waals surface area contributed by atoms with E-state index in [2.05, 4.69) is 21.2 Å². The summed E-state index contributed by atoms with van der Waals surface area (Å²) >= 11 is 3.24. The fourth-order valence-corrected chi connectivity index (χ4v) is 3.28. The van der Waals surface area contributed by atoms with Crippen LogP contribution in [0.15, 0.2) is 22.7 Å². The molecule has 1 aromatic carbocycles. The lowest BCUT2D eigenvalue weighted by atomic mass is 9.98. The van der Waals surface area contributed by atoms with Crippen molar-refractivity contribution in [2.45, 2.75) is 25.7 Å². The molecule has 0 bridgehead atoms. The van der Waals surface area contributed by atoms with Crippen LogP contribution in [0.5, 0.6) is 0 Å². The summed E-state index contributed by atoms with van der Waals surface area (Å²) in [5.41, 5.74) is 0.506. The van der Waals surface area contributed by atoms with Gasteiger partial charge in [0.25, 0.3) is 5.91 Å². The largest absolute Gasteiger partial charge is 0.352 e. The molecule has 1 amide bonds. The highest BCUT2D eigenvalue weighted by molar-refractivity contribution is 9.10. The second kappa shape index (κ2) is 5.23. The third-order valence-corrected chi connectivity index (χ3v) is 4.79. The van der Waals surface area contributed by atoms with Gasteiger partial charge in [-0.25, -0.2) is 4.39 Å². The summed E-state index contributed by atoms with van der Waals surface area (Å²) in [7, 11) is 0. The highest BCUT2D eigenvalue weighted by Gasteiger charge is 2.41. The topological polar surface area (TPSA) is 29.1 Å². The molecule has 0 atom stereocenters. The maximum atomic E-state index is 13.0. The van der Waals surface area contributed by atoms with Crippen molar-refractivity contribution in [3.05, 3.63) is 34.1 Å². The van der Waals surface area contributed by atoms with Crippen molar-refractivity contribution in [1.82, 2.24) is 5.32 Å². The van der Waals surface area contributed by atoms with Crippen molar-refractivity contribution < 1.29 is 9.18 Å². The molecule has 0 heterocycles. The Morgan fingerprint density at radius 1 is 1.32 bits per heavy atom. The lowest BCUT2D eigenvalue weighted by molar-refractivity contribution is 0.0942. The van der Waals surface area contributed by atoms with E-state index in [4.69, 9.17) is 0 Å². The number of hydrogen-bond acceptors (Lipinski definition) is 1. The summed E-state index contributed by atoms with van der Waals surface area (Å²) in [6.07, 6.45) is 5.27. The lowest BCUT2D eigenvalue weighted by Gasteiger charge is -2.16. The van der Waals surface area contributed by atoms with Gasteiger partial charge in [0.2, 0.25) is 0 Å². The normalized spacial score (nSPS) is 18.7. The first-order chi connectivity index (χ1) is 9.15. The Balaban J connectivity index is 1.61. The Morgan fingerprint density at radius 3 is 2.47 bits per heavy atom. The van der Waals surface area contributed by atoms with Gasteiger partial charge in [0, 0.05) is 11.0 Å². The van der Waals surface area contributed by atoms with Crippen molar-refractivity contribution >= 4 is 21.8 Å². The minimum absolute atomic E-state index is 0.113. The quantitative estimate of drug-likeness (QED) is 0.877. The molecule has 2 saturated carbocycles. The molecule has 0 spiro atoms. The monoisotopic (exact) mass is 325 g/mol. The van der Waals surface area contributed by atoms with Gasteiger partial charge in [-0.2, -0.15) is 0 Å². The minimum Gasteiger partial charge on any atom is -0.352 e. The molecule has 1 N–H and O–H groups in total. The predicted molar refractivity (Wildman–Crippen MR) is 75.4 cm³/mol. The minimum atomic E-state index is -0.336. The van der Waals surface area contributed by atoms with Gasteiger partial charge in [-0.15, -0.1) is 0 Å². The molecule has 19 heavy (non-hydrogen) atoms. The smallest absolute Gasteiger partial charge is 0.252 e. The lowest BCUT2D eigenvalue weighted by Crippen LogP contribution is -2.31. The van der Waals surface area contributed by atoms with Gasteiger partial charge in [0.15, 0.2) is 0 Å². The number of benzene rings is 1. The number of halogens is 2. The maximum Gasteiger partial charge on any atom is 0.252 e. The van der Waals surface area contributed by atoms with Crippen LogP contribution in [0.1, 0.15) is 36.0 Å². The van der Waals surface area contributed by atoms with E-state index in [1.54, 1.807) is 0 Å². The van der Waals surface area contributed by atoms with Crippen molar-refractivity contribution in [3.8, 4) is 0 Å². The van der Waals surface area contributed by atoms with Crippen molar-refractivity contribution in [2.24, 2.45) is 17.8 Å². The highest BCUT2D eigenvalue weighted by Crippen LogP contribution is 2.48. The zero-order valence-corrected chi connectivity index (χ0v) is 12.2. The Labute approximate surface area is 120 Å². The maximum absolute atomic E-state index is 13.0. The third kappa shape index (κ3) is 3.16. The first kappa shape index (κ1) is 13.1. The first-order valence-electron chi connectivity index (χ1n) is 6.88. The van der Waals surface area contributed by atoms with Gasteiger partial charge in [-0.3, -0.25) is 4.79 Å². The number of carbonyl (C=O) groups is 1. The fraction of sp³-hybridized carbons (Fsp3) is 0.533. The number of carbonyl (C=O) groups excluding carboxylic acids is 1. The molecule has 3 rings (SSSR count). The van der Waals surface area contributed by atoms with Gasteiger partial charge in [0.1, 0.15) is 5.82 Å². The van der Waals surface area contributed by atoms with Crippen LogP contribution in [0.2, 0.25) is 0 Å². The molecular formula is C15H17BrFNO. The molecule has 0 aromatic heterocycles. The SMILES string of the molecule is O=C(NCC(C1CC1)C1CC1)c1ccc(F)cc1Br. The molecule has 102 valence electrons. The Morgan fingerprint density at radius 2 is 1.95 bits per heavy atom. The fourth-order valence-electron chi connectivity index (χ4n) is 2.75. The summed E-state index contributed by atoms with van der Waals surface area (Å²) in [6, 6.07) is 4.17. The van der Waals surface area contributed by atoms with Gasteiger partial charge < -0.3 is 5.32 Å². The zero-order chi connectivity index (χ0) is 13.4. The Bertz CT molecular complexity index is 485. The number of hydrogen-bond donors (Lipinski definition) is 1. The molecular weight excluding hydrogens is 309 g/mol. The van der Waals surface area contributed by atoms with Crippen molar-refractivity contribution in [3.63, 3.8) is 0 Å². The molecule has 0 saturated heterocycles. The van der Waals surface area contributed by atoms with Gasteiger partial charge >= 0.3 is 0 Å². The molecule has 2 aliphatic rings. The molecule has 2 nitrogen and oxygen atoms in total. The summed E-state index contributed by atoms with van der Waals surface area (Å²) < 4.78 is 13.5. The van der Waals surface area contributed by atoms with Crippen LogP contribution >= 0.6 is 15.9 Å². The van der Waals surface area contributed by atoms with Crippen molar-refractivity contribution in [1.29, 1.82) is 0 Å². The summed E-state index contributed by atoms with van der Waals surface area (Å²) in [5.74, 6) is 1.85. The van der Waals surface area contributed by atoms with E-state index < -0.39 is 0 Å². The number of amides is 1. The van der Waals surface area contributed by atoms with Gasteiger partial charge in [-0.05, 0) is 77.6 Å². The molecule has 2 fully saturated rings. The van der Waals surface area contributed by atoms with Crippen LogP contribution in [-0.4, -0.2) is 12.5 Å². The molecule has 2 aliphatic carbocycles.